The molecule has 1 aromatic carbocycles. The van der Waals surface area contributed by atoms with Crippen LogP contribution in [0, 0.1) is 0 Å². The van der Waals surface area contributed by atoms with Crippen LogP contribution in [0.15, 0.2) is 24.4 Å². The standard InChI is InChI=1S/C21H23ClN6O2/c1-28-17-8-11(22)2-7-14(17)18(27-28)16-10-24-20-19(26-16)15(9-23-20)21(30)25-12-3-5-13(29)6-4-12/h2,7-8,10,12-13,15,29H,3-6,9H2,1H3,(H,23,24)(H,25,30). The summed E-state index contributed by atoms with van der Waals surface area (Å²) in [6.45, 7) is 0.471. The molecule has 0 bridgehead atoms. The number of aliphatic hydroxyl groups is 1. The maximum atomic E-state index is 12.9. The number of hydrogen-bond acceptors (Lipinski definition) is 6. The summed E-state index contributed by atoms with van der Waals surface area (Å²) in [6, 6.07) is 5.72. The molecule has 3 N–H and O–H groups in total. The first-order chi connectivity index (χ1) is 14.5. The average molecular weight is 427 g/mol. The van der Waals surface area contributed by atoms with Gasteiger partial charge in [-0.2, -0.15) is 5.10 Å². The lowest BCUT2D eigenvalue weighted by atomic mass is 9.92. The molecule has 0 saturated heterocycles. The molecule has 5 rings (SSSR count). The quantitative estimate of drug-likeness (QED) is 0.594. The fourth-order valence-electron chi connectivity index (χ4n) is 4.35. The second-order valence-electron chi connectivity index (χ2n) is 8.07. The van der Waals surface area contributed by atoms with Crippen molar-refractivity contribution in [2.75, 3.05) is 11.9 Å². The van der Waals surface area contributed by atoms with Crippen LogP contribution < -0.4 is 10.6 Å². The molecular weight excluding hydrogens is 404 g/mol. The summed E-state index contributed by atoms with van der Waals surface area (Å²) in [5.41, 5.74) is 2.90. The topological polar surface area (TPSA) is 105 Å². The number of hydrogen-bond donors (Lipinski definition) is 3. The lowest BCUT2D eigenvalue weighted by Crippen LogP contribution is -2.41. The number of fused-ring (bicyclic) bond motifs is 2. The van der Waals surface area contributed by atoms with Gasteiger partial charge in [-0.1, -0.05) is 11.6 Å². The molecule has 8 nitrogen and oxygen atoms in total. The number of benzene rings is 1. The minimum atomic E-state index is -0.399. The summed E-state index contributed by atoms with van der Waals surface area (Å²) in [7, 11) is 1.86. The van der Waals surface area contributed by atoms with Gasteiger partial charge in [-0.3, -0.25) is 9.48 Å². The van der Waals surface area contributed by atoms with Gasteiger partial charge in [0.25, 0.3) is 0 Å². The molecule has 1 aliphatic heterocycles. The highest BCUT2D eigenvalue weighted by atomic mass is 35.5. The van der Waals surface area contributed by atoms with Gasteiger partial charge in [-0.15, -0.1) is 0 Å². The minimum Gasteiger partial charge on any atom is -0.393 e. The van der Waals surface area contributed by atoms with E-state index in [1.165, 1.54) is 0 Å². The third-order valence-corrected chi connectivity index (χ3v) is 6.25. The molecule has 2 aromatic heterocycles. The molecule has 1 unspecified atom stereocenters. The van der Waals surface area contributed by atoms with Crippen molar-refractivity contribution in [1.29, 1.82) is 0 Å². The number of nitrogens with one attached hydrogen (secondary N) is 2. The zero-order chi connectivity index (χ0) is 20.8. The Bertz CT molecular complexity index is 1120. The number of anilines is 1. The van der Waals surface area contributed by atoms with Crippen molar-refractivity contribution in [2.45, 2.75) is 43.7 Å². The Balaban J connectivity index is 1.43. The summed E-state index contributed by atoms with van der Waals surface area (Å²) < 4.78 is 1.77. The predicted molar refractivity (Wildman–Crippen MR) is 114 cm³/mol. The highest BCUT2D eigenvalue weighted by Crippen LogP contribution is 2.33. The Kier molecular flexibility index (Phi) is 4.83. The zero-order valence-electron chi connectivity index (χ0n) is 16.6. The molecule has 9 heteroatoms. The summed E-state index contributed by atoms with van der Waals surface area (Å²) in [5.74, 6) is 0.191. The van der Waals surface area contributed by atoms with Crippen LogP contribution in [0.1, 0.15) is 37.3 Å². The normalized spacial score (nSPS) is 23.2. The molecular formula is C21H23ClN6O2. The van der Waals surface area contributed by atoms with E-state index in [-0.39, 0.29) is 18.1 Å². The van der Waals surface area contributed by atoms with Gasteiger partial charge in [-0.25, -0.2) is 9.97 Å². The first-order valence-electron chi connectivity index (χ1n) is 10.2. The van der Waals surface area contributed by atoms with Crippen molar-refractivity contribution in [3.8, 4) is 11.4 Å². The van der Waals surface area contributed by atoms with Crippen molar-refractivity contribution in [3.63, 3.8) is 0 Å². The van der Waals surface area contributed by atoms with Gasteiger partial charge in [0.15, 0.2) is 0 Å². The van der Waals surface area contributed by atoms with Gasteiger partial charge in [0.1, 0.15) is 23.1 Å². The fraction of sp³-hybridized carbons (Fsp3) is 0.429. The highest BCUT2D eigenvalue weighted by Gasteiger charge is 2.33. The van der Waals surface area contributed by atoms with Crippen molar-refractivity contribution < 1.29 is 9.90 Å². The lowest BCUT2D eigenvalue weighted by molar-refractivity contribution is -0.123. The van der Waals surface area contributed by atoms with E-state index in [2.05, 4.69) is 20.7 Å². The van der Waals surface area contributed by atoms with E-state index < -0.39 is 5.92 Å². The molecule has 1 aliphatic carbocycles. The van der Waals surface area contributed by atoms with Crippen LogP contribution in [-0.4, -0.2) is 49.5 Å². The van der Waals surface area contributed by atoms with Gasteiger partial charge in [-0.05, 0) is 43.9 Å². The first-order valence-corrected chi connectivity index (χ1v) is 10.6. The number of carbonyl (C=O) groups excluding carboxylic acids is 1. The predicted octanol–water partition coefficient (Wildman–Crippen LogP) is 2.61. The Morgan fingerprint density at radius 2 is 2.10 bits per heavy atom. The van der Waals surface area contributed by atoms with Crippen LogP contribution in [0.25, 0.3) is 22.3 Å². The van der Waals surface area contributed by atoms with Gasteiger partial charge >= 0.3 is 0 Å². The van der Waals surface area contributed by atoms with Crippen LogP contribution in [0.4, 0.5) is 5.82 Å². The third-order valence-electron chi connectivity index (χ3n) is 6.02. The van der Waals surface area contributed by atoms with E-state index in [0.29, 0.717) is 34.5 Å². The first kappa shape index (κ1) is 19.3. The summed E-state index contributed by atoms with van der Waals surface area (Å²) >= 11 is 6.13. The second kappa shape index (κ2) is 7.52. The second-order valence-corrected chi connectivity index (χ2v) is 8.51. The molecule has 156 valence electrons. The monoisotopic (exact) mass is 426 g/mol. The lowest BCUT2D eigenvalue weighted by Gasteiger charge is -2.27. The number of amides is 1. The smallest absolute Gasteiger partial charge is 0.231 e. The van der Waals surface area contributed by atoms with Crippen LogP contribution in [0.5, 0.6) is 0 Å². The van der Waals surface area contributed by atoms with Gasteiger partial charge in [0.2, 0.25) is 5.91 Å². The Hall–Kier alpha value is -2.71. The fourth-order valence-corrected chi connectivity index (χ4v) is 4.52. The molecule has 1 fully saturated rings. The van der Waals surface area contributed by atoms with E-state index in [0.717, 1.165) is 36.6 Å². The van der Waals surface area contributed by atoms with Crippen molar-refractivity contribution >= 4 is 34.2 Å². The number of halogens is 1. The van der Waals surface area contributed by atoms with Crippen molar-refractivity contribution in [3.05, 3.63) is 35.1 Å². The highest BCUT2D eigenvalue weighted by molar-refractivity contribution is 6.31. The molecule has 30 heavy (non-hydrogen) atoms. The maximum Gasteiger partial charge on any atom is 0.231 e. The van der Waals surface area contributed by atoms with Crippen LogP contribution in [0.2, 0.25) is 5.02 Å². The summed E-state index contributed by atoms with van der Waals surface area (Å²) in [4.78, 5) is 22.2. The van der Waals surface area contributed by atoms with E-state index in [1.54, 1.807) is 10.9 Å². The van der Waals surface area contributed by atoms with Gasteiger partial charge in [0, 0.05) is 30.0 Å². The number of aromatic nitrogens is 4. The van der Waals surface area contributed by atoms with Crippen molar-refractivity contribution in [2.24, 2.45) is 7.05 Å². The molecule has 2 aliphatic rings. The average Bonchev–Trinajstić information content (AvgIpc) is 3.30. The van der Waals surface area contributed by atoms with Crippen LogP contribution >= 0.6 is 11.6 Å². The molecule has 1 saturated carbocycles. The summed E-state index contributed by atoms with van der Waals surface area (Å²) in [6.07, 6.45) is 4.49. The SMILES string of the molecule is Cn1nc(-c2cnc3c(n2)C(C(=O)NC2CCC(O)CC2)CN3)c2ccc(Cl)cc21. The number of nitrogens with zero attached hydrogens (tertiary/aromatic N) is 4. The number of carbonyl (C=O) groups is 1. The molecule has 0 spiro atoms. The molecule has 3 heterocycles. The van der Waals surface area contributed by atoms with E-state index in [4.69, 9.17) is 16.6 Å². The minimum absolute atomic E-state index is 0.0493. The van der Waals surface area contributed by atoms with Crippen molar-refractivity contribution in [1.82, 2.24) is 25.1 Å². The Morgan fingerprint density at radius 1 is 1.30 bits per heavy atom. The van der Waals surface area contributed by atoms with E-state index >= 15 is 0 Å². The van der Waals surface area contributed by atoms with Gasteiger partial charge < -0.3 is 15.7 Å². The number of rotatable bonds is 3. The number of aliphatic hydroxyl groups excluding tert-OH is 1. The largest absolute Gasteiger partial charge is 0.393 e. The molecule has 1 atom stereocenters. The van der Waals surface area contributed by atoms with Gasteiger partial charge in [0.05, 0.1) is 23.5 Å². The van der Waals surface area contributed by atoms with Crippen LogP contribution in [-0.2, 0) is 11.8 Å². The van der Waals surface area contributed by atoms with Crippen LogP contribution in [0.3, 0.4) is 0 Å². The zero-order valence-corrected chi connectivity index (χ0v) is 17.4. The Labute approximate surface area is 178 Å². The summed E-state index contributed by atoms with van der Waals surface area (Å²) in [5, 5.41) is 22.2. The van der Waals surface area contributed by atoms with E-state index in [1.807, 2.05) is 25.2 Å². The third kappa shape index (κ3) is 3.40. The van der Waals surface area contributed by atoms with E-state index in [9.17, 15) is 9.90 Å². The molecule has 0 radical (unpaired) electrons. The molecule has 3 aromatic rings. The molecule has 1 amide bonds. The number of aryl methyl sites for hydroxylation is 1. The Morgan fingerprint density at radius 3 is 2.90 bits per heavy atom. The maximum absolute atomic E-state index is 12.9.